The number of rotatable bonds is 1. The van der Waals surface area contributed by atoms with Crippen LogP contribution in [0.2, 0.25) is 0 Å². The molecular weight excluding hydrogens is 170 g/mol. The van der Waals surface area contributed by atoms with E-state index >= 15 is 0 Å². The summed E-state index contributed by atoms with van der Waals surface area (Å²) in [6.07, 6.45) is 3.29. The van der Waals surface area contributed by atoms with Crippen LogP contribution in [-0.2, 0) is 0 Å². The summed E-state index contributed by atoms with van der Waals surface area (Å²) < 4.78 is 0. The van der Waals surface area contributed by atoms with Crippen molar-refractivity contribution >= 4 is 11.8 Å². The Balaban J connectivity index is 3.37. The standard InChI is InChI=1S/C8H5N3S/c1-12-8-6(4-9)2-3-11-7(8)5-10/h2-3H,1H3. The maximum absolute atomic E-state index is 8.67. The van der Waals surface area contributed by atoms with Gasteiger partial charge in [-0.2, -0.15) is 10.5 Å². The van der Waals surface area contributed by atoms with Crippen LogP contribution in [0.15, 0.2) is 17.2 Å². The van der Waals surface area contributed by atoms with Crippen LogP contribution in [0.4, 0.5) is 0 Å². The normalized spacial score (nSPS) is 8.58. The molecule has 0 saturated carbocycles. The van der Waals surface area contributed by atoms with Gasteiger partial charge in [0.2, 0.25) is 0 Å². The lowest BCUT2D eigenvalue weighted by molar-refractivity contribution is 1.16. The van der Waals surface area contributed by atoms with Crippen molar-refractivity contribution < 1.29 is 0 Å². The predicted molar refractivity (Wildman–Crippen MR) is 45.4 cm³/mol. The Morgan fingerprint density at radius 2 is 2.17 bits per heavy atom. The smallest absolute Gasteiger partial charge is 0.155 e. The van der Waals surface area contributed by atoms with E-state index in [9.17, 15) is 0 Å². The number of aromatic nitrogens is 1. The van der Waals surface area contributed by atoms with Gasteiger partial charge >= 0.3 is 0 Å². The summed E-state index contributed by atoms with van der Waals surface area (Å²) in [4.78, 5) is 4.50. The van der Waals surface area contributed by atoms with Gasteiger partial charge in [0.25, 0.3) is 0 Å². The number of pyridine rings is 1. The molecule has 0 amide bonds. The van der Waals surface area contributed by atoms with E-state index in [2.05, 4.69) is 4.98 Å². The van der Waals surface area contributed by atoms with Crippen molar-refractivity contribution in [2.45, 2.75) is 4.90 Å². The highest BCUT2D eigenvalue weighted by Crippen LogP contribution is 2.21. The average molecular weight is 175 g/mol. The van der Waals surface area contributed by atoms with Gasteiger partial charge in [0, 0.05) is 6.20 Å². The molecule has 0 atom stereocenters. The summed E-state index contributed by atoms with van der Waals surface area (Å²) in [6.45, 7) is 0. The summed E-state index contributed by atoms with van der Waals surface area (Å²) in [5.41, 5.74) is 0.829. The third kappa shape index (κ3) is 1.39. The summed E-state index contributed by atoms with van der Waals surface area (Å²) in [7, 11) is 0. The molecule has 0 N–H and O–H groups in total. The minimum Gasteiger partial charge on any atom is -0.244 e. The molecule has 1 aromatic rings. The van der Waals surface area contributed by atoms with Crippen LogP contribution in [0.1, 0.15) is 11.3 Å². The molecule has 1 rings (SSSR count). The zero-order chi connectivity index (χ0) is 8.97. The molecule has 0 aliphatic heterocycles. The van der Waals surface area contributed by atoms with Gasteiger partial charge in [-0.25, -0.2) is 4.98 Å². The first-order valence-electron chi connectivity index (χ1n) is 3.16. The van der Waals surface area contributed by atoms with Gasteiger partial charge in [-0.05, 0) is 12.3 Å². The van der Waals surface area contributed by atoms with E-state index in [4.69, 9.17) is 10.5 Å². The molecule has 0 saturated heterocycles. The zero-order valence-electron chi connectivity index (χ0n) is 6.40. The molecule has 0 unspecified atom stereocenters. The van der Waals surface area contributed by atoms with E-state index < -0.39 is 0 Å². The fourth-order valence-electron chi connectivity index (χ4n) is 0.823. The zero-order valence-corrected chi connectivity index (χ0v) is 7.22. The summed E-state index contributed by atoms with van der Waals surface area (Å²) >= 11 is 1.36. The molecule has 0 radical (unpaired) electrons. The van der Waals surface area contributed by atoms with Gasteiger partial charge in [0.15, 0.2) is 5.69 Å². The first kappa shape index (κ1) is 8.58. The Hall–Kier alpha value is -1.52. The fourth-order valence-corrected chi connectivity index (χ4v) is 1.45. The van der Waals surface area contributed by atoms with Crippen molar-refractivity contribution in [3.63, 3.8) is 0 Å². The van der Waals surface area contributed by atoms with Gasteiger partial charge in [-0.1, -0.05) is 0 Å². The van der Waals surface area contributed by atoms with Crippen molar-refractivity contribution in [2.24, 2.45) is 0 Å². The van der Waals surface area contributed by atoms with Crippen LogP contribution < -0.4 is 0 Å². The molecule has 4 heteroatoms. The van der Waals surface area contributed by atoms with E-state index in [-0.39, 0.29) is 0 Å². The lowest BCUT2D eigenvalue weighted by Gasteiger charge is -1.99. The molecule has 0 aliphatic carbocycles. The van der Waals surface area contributed by atoms with Crippen LogP contribution in [0, 0.1) is 22.7 Å². The van der Waals surface area contributed by atoms with Crippen molar-refractivity contribution in [3.8, 4) is 12.1 Å². The number of hydrogen-bond acceptors (Lipinski definition) is 4. The summed E-state index contributed by atoms with van der Waals surface area (Å²) in [5, 5.41) is 17.3. The Morgan fingerprint density at radius 1 is 1.42 bits per heavy atom. The molecule has 0 aliphatic rings. The summed E-state index contributed by atoms with van der Waals surface area (Å²) in [5.74, 6) is 0. The highest BCUT2D eigenvalue weighted by atomic mass is 32.2. The topological polar surface area (TPSA) is 60.5 Å². The number of hydrogen-bond donors (Lipinski definition) is 0. The number of thioether (sulfide) groups is 1. The lowest BCUT2D eigenvalue weighted by Crippen LogP contribution is -1.89. The third-order valence-electron chi connectivity index (χ3n) is 1.34. The molecule has 3 nitrogen and oxygen atoms in total. The Bertz CT molecular complexity index is 341. The second-order valence-corrected chi connectivity index (χ2v) is 2.78. The van der Waals surface area contributed by atoms with E-state index in [1.54, 1.807) is 6.07 Å². The maximum atomic E-state index is 8.67. The third-order valence-corrected chi connectivity index (χ3v) is 2.16. The van der Waals surface area contributed by atoms with Crippen molar-refractivity contribution in [1.82, 2.24) is 4.98 Å². The second kappa shape index (κ2) is 3.75. The Kier molecular flexibility index (Phi) is 2.68. The van der Waals surface area contributed by atoms with E-state index in [0.29, 0.717) is 16.2 Å². The molecule has 1 heterocycles. The molecule has 0 spiro atoms. The fraction of sp³-hybridized carbons (Fsp3) is 0.125. The first-order valence-corrected chi connectivity index (χ1v) is 4.39. The van der Waals surface area contributed by atoms with E-state index in [0.717, 1.165) is 0 Å². The minimum atomic E-state index is 0.321. The highest BCUT2D eigenvalue weighted by molar-refractivity contribution is 7.98. The van der Waals surface area contributed by atoms with Crippen molar-refractivity contribution in [2.75, 3.05) is 6.26 Å². The average Bonchev–Trinajstić information content (AvgIpc) is 2.16. The molecule has 12 heavy (non-hydrogen) atoms. The van der Waals surface area contributed by atoms with Crippen LogP contribution in [0.25, 0.3) is 0 Å². The molecule has 1 aromatic heterocycles. The van der Waals surface area contributed by atoms with Crippen molar-refractivity contribution in [1.29, 1.82) is 10.5 Å². The maximum Gasteiger partial charge on any atom is 0.155 e. The van der Waals surface area contributed by atoms with Gasteiger partial charge in [0.05, 0.1) is 10.5 Å². The monoisotopic (exact) mass is 175 g/mol. The van der Waals surface area contributed by atoms with Crippen LogP contribution in [-0.4, -0.2) is 11.2 Å². The molecule has 0 bridgehead atoms. The van der Waals surface area contributed by atoms with Gasteiger partial charge in [-0.3, -0.25) is 0 Å². The summed E-state index contributed by atoms with van der Waals surface area (Å²) in [6, 6.07) is 5.55. The SMILES string of the molecule is CSc1c(C#N)ccnc1C#N. The van der Waals surface area contributed by atoms with E-state index in [1.165, 1.54) is 18.0 Å². The molecule has 0 aromatic carbocycles. The predicted octanol–water partition coefficient (Wildman–Crippen LogP) is 1.55. The Morgan fingerprint density at radius 3 is 2.67 bits per heavy atom. The number of nitriles is 2. The van der Waals surface area contributed by atoms with Crippen molar-refractivity contribution in [3.05, 3.63) is 23.5 Å². The Labute approximate surface area is 74.7 Å². The largest absolute Gasteiger partial charge is 0.244 e. The van der Waals surface area contributed by atoms with Gasteiger partial charge in [0.1, 0.15) is 12.1 Å². The minimum absolute atomic E-state index is 0.321. The molecular formula is C8H5N3S. The van der Waals surface area contributed by atoms with E-state index in [1.807, 2.05) is 18.4 Å². The highest BCUT2D eigenvalue weighted by Gasteiger charge is 2.06. The molecule has 0 fully saturated rings. The lowest BCUT2D eigenvalue weighted by atomic mass is 10.2. The second-order valence-electron chi connectivity index (χ2n) is 1.96. The van der Waals surface area contributed by atoms with Gasteiger partial charge in [-0.15, -0.1) is 11.8 Å². The van der Waals surface area contributed by atoms with Crippen LogP contribution in [0.3, 0.4) is 0 Å². The van der Waals surface area contributed by atoms with Crippen LogP contribution in [0.5, 0.6) is 0 Å². The number of nitrogens with zero attached hydrogens (tertiary/aromatic N) is 3. The first-order chi connectivity index (χ1) is 5.83. The quantitative estimate of drug-likeness (QED) is 0.607. The van der Waals surface area contributed by atoms with Crippen LogP contribution >= 0.6 is 11.8 Å². The molecule has 58 valence electrons. The van der Waals surface area contributed by atoms with Gasteiger partial charge < -0.3 is 0 Å².